The van der Waals surface area contributed by atoms with Crippen LogP contribution in [0.4, 0.5) is 34.1 Å². The number of para-hydroxylation sites is 5. The summed E-state index contributed by atoms with van der Waals surface area (Å²) >= 11 is 0. The van der Waals surface area contributed by atoms with E-state index >= 15 is 0 Å². The molecule has 0 bridgehead atoms. The normalized spacial score (nSPS) is 14.1. The topological polar surface area (TPSA) is 15.7 Å². The van der Waals surface area contributed by atoms with Crippen molar-refractivity contribution in [1.29, 1.82) is 0 Å². The number of anilines is 6. The van der Waals surface area contributed by atoms with Gasteiger partial charge in [0.1, 0.15) is 11.5 Å². The zero-order valence-corrected chi connectivity index (χ0v) is 29.6. The average Bonchev–Trinajstić information content (AvgIpc) is 3.44. The molecule has 1 aliphatic carbocycles. The molecule has 0 amide bonds. The molecule has 53 heavy (non-hydrogen) atoms. The summed E-state index contributed by atoms with van der Waals surface area (Å²) in [4.78, 5) is 4.79. The third kappa shape index (κ3) is 4.30. The minimum absolute atomic E-state index is 0.0622. The first-order chi connectivity index (χ1) is 26.1. The summed E-state index contributed by atoms with van der Waals surface area (Å²) in [6, 6.07) is 63.7. The lowest BCUT2D eigenvalue weighted by atomic mass is 9.34. The van der Waals surface area contributed by atoms with Gasteiger partial charge in [-0.3, -0.25) is 0 Å². The molecule has 2 heterocycles. The third-order valence-electron chi connectivity index (χ3n) is 11.6. The van der Waals surface area contributed by atoms with Crippen LogP contribution in [-0.4, -0.2) is 6.71 Å². The van der Waals surface area contributed by atoms with Crippen molar-refractivity contribution in [3.63, 3.8) is 0 Å². The molecule has 3 aliphatic rings. The number of rotatable bonds is 4. The molecule has 0 spiro atoms. The van der Waals surface area contributed by atoms with Gasteiger partial charge in [0.05, 0.1) is 0 Å². The van der Waals surface area contributed by atoms with Crippen LogP contribution in [0.2, 0.25) is 0 Å². The van der Waals surface area contributed by atoms with E-state index in [0.29, 0.717) is 0 Å². The van der Waals surface area contributed by atoms with E-state index in [1.54, 1.807) is 0 Å². The quantitative estimate of drug-likeness (QED) is 0.172. The summed E-state index contributed by atoms with van der Waals surface area (Å²) in [7, 11) is 0. The summed E-state index contributed by atoms with van der Waals surface area (Å²) < 4.78 is 7.16. The largest absolute Gasteiger partial charge is 0.458 e. The summed E-state index contributed by atoms with van der Waals surface area (Å²) in [5.41, 5.74) is 15.5. The van der Waals surface area contributed by atoms with Crippen molar-refractivity contribution in [3.8, 4) is 22.6 Å². The van der Waals surface area contributed by atoms with Crippen molar-refractivity contribution in [2.75, 3.05) is 9.80 Å². The molecular weight excluding hydrogens is 643 g/mol. The molecule has 3 nitrogen and oxygen atoms in total. The lowest BCUT2D eigenvalue weighted by molar-refractivity contribution is 0.470. The molecule has 0 N–H and O–H groups in total. The predicted octanol–water partition coefficient (Wildman–Crippen LogP) is 11.0. The Kier molecular flexibility index (Phi) is 6.39. The lowest BCUT2D eigenvalue weighted by Crippen LogP contribution is -2.59. The van der Waals surface area contributed by atoms with E-state index in [-0.39, 0.29) is 12.1 Å². The molecular formula is C49H35BN2O. The number of fused-ring (bicyclic) bond motifs is 10. The second-order valence-corrected chi connectivity index (χ2v) is 14.9. The Morgan fingerprint density at radius 1 is 0.528 bits per heavy atom. The van der Waals surface area contributed by atoms with Crippen LogP contribution in [0.25, 0.3) is 21.9 Å². The molecule has 4 heteroatoms. The number of benzene rings is 8. The van der Waals surface area contributed by atoms with Gasteiger partial charge in [0.25, 0.3) is 6.71 Å². The Balaban J connectivity index is 1.15. The molecule has 2 aliphatic heterocycles. The Hall–Kier alpha value is -6.52. The molecule has 250 valence electrons. The Bertz CT molecular complexity index is 2700. The van der Waals surface area contributed by atoms with E-state index in [9.17, 15) is 0 Å². The monoisotopic (exact) mass is 678 g/mol. The molecule has 0 radical (unpaired) electrons. The highest BCUT2D eigenvalue weighted by molar-refractivity contribution is 6.99. The summed E-state index contributed by atoms with van der Waals surface area (Å²) in [5.74, 6) is 1.94. The second-order valence-electron chi connectivity index (χ2n) is 14.9. The first-order valence-corrected chi connectivity index (χ1v) is 18.5. The number of ether oxygens (including phenoxy) is 1. The molecule has 0 aromatic heterocycles. The van der Waals surface area contributed by atoms with E-state index in [2.05, 4.69) is 200 Å². The maximum absolute atomic E-state index is 7.16. The summed E-state index contributed by atoms with van der Waals surface area (Å²) in [6.07, 6.45) is 0. The van der Waals surface area contributed by atoms with Gasteiger partial charge in [-0.1, -0.05) is 123 Å². The molecule has 0 saturated heterocycles. The van der Waals surface area contributed by atoms with Crippen LogP contribution in [0, 0.1) is 0 Å². The first kappa shape index (κ1) is 30.1. The van der Waals surface area contributed by atoms with Crippen LogP contribution in [-0.2, 0) is 5.41 Å². The Labute approximate surface area is 310 Å². The van der Waals surface area contributed by atoms with Gasteiger partial charge in [0.15, 0.2) is 0 Å². The lowest BCUT2D eigenvalue weighted by Gasteiger charge is -2.41. The van der Waals surface area contributed by atoms with Crippen LogP contribution in [0.3, 0.4) is 0 Å². The molecule has 0 fully saturated rings. The van der Waals surface area contributed by atoms with Crippen LogP contribution in [0.15, 0.2) is 176 Å². The zero-order valence-electron chi connectivity index (χ0n) is 29.6. The van der Waals surface area contributed by atoms with Crippen LogP contribution < -0.4 is 30.9 Å². The van der Waals surface area contributed by atoms with Gasteiger partial charge in [-0.05, 0) is 111 Å². The highest BCUT2D eigenvalue weighted by Gasteiger charge is 2.48. The van der Waals surface area contributed by atoms with Gasteiger partial charge < -0.3 is 14.5 Å². The van der Waals surface area contributed by atoms with Crippen molar-refractivity contribution in [3.05, 3.63) is 187 Å². The predicted molar refractivity (Wildman–Crippen MR) is 222 cm³/mol. The molecule has 11 rings (SSSR count). The third-order valence-corrected chi connectivity index (χ3v) is 11.6. The first-order valence-electron chi connectivity index (χ1n) is 18.5. The highest BCUT2D eigenvalue weighted by atomic mass is 16.5. The Morgan fingerprint density at radius 2 is 1.17 bits per heavy atom. The fourth-order valence-corrected chi connectivity index (χ4v) is 9.46. The number of hydrogen-bond donors (Lipinski definition) is 0. The van der Waals surface area contributed by atoms with Crippen molar-refractivity contribution in [2.24, 2.45) is 0 Å². The van der Waals surface area contributed by atoms with Gasteiger partial charge >= 0.3 is 0 Å². The van der Waals surface area contributed by atoms with E-state index in [1.165, 1.54) is 60.8 Å². The molecule has 0 unspecified atom stereocenters. The van der Waals surface area contributed by atoms with E-state index in [4.69, 9.17) is 4.74 Å². The summed E-state index contributed by atoms with van der Waals surface area (Å²) in [5, 5.41) is 2.49. The molecule has 8 aromatic rings. The fourth-order valence-electron chi connectivity index (χ4n) is 9.46. The average molecular weight is 679 g/mol. The highest BCUT2D eigenvalue weighted by Crippen LogP contribution is 2.57. The van der Waals surface area contributed by atoms with E-state index in [0.717, 1.165) is 34.2 Å². The molecule has 0 atom stereocenters. The van der Waals surface area contributed by atoms with Gasteiger partial charge in [-0.25, -0.2) is 0 Å². The Morgan fingerprint density at radius 3 is 1.91 bits per heavy atom. The number of hydrogen-bond acceptors (Lipinski definition) is 3. The van der Waals surface area contributed by atoms with E-state index < -0.39 is 0 Å². The minimum Gasteiger partial charge on any atom is -0.458 e. The molecule has 8 aromatic carbocycles. The van der Waals surface area contributed by atoms with Crippen molar-refractivity contribution in [2.45, 2.75) is 19.3 Å². The van der Waals surface area contributed by atoms with Gasteiger partial charge in [0.2, 0.25) is 0 Å². The van der Waals surface area contributed by atoms with Crippen LogP contribution in [0.5, 0.6) is 11.5 Å². The van der Waals surface area contributed by atoms with Crippen LogP contribution >= 0.6 is 0 Å². The van der Waals surface area contributed by atoms with Gasteiger partial charge in [0, 0.05) is 45.1 Å². The fraction of sp³-hybridized carbons (Fsp3) is 0.0612. The van der Waals surface area contributed by atoms with Crippen molar-refractivity contribution >= 4 is 68.0 Å². The van der Waals surface area contributed by atoms with Crippen molar-refractivity contribution in [1.82, 2.24) is 0 Å². The van der Waals surface area contributed by atoms with Crippen LogP contribution in [0.1, 0.15) is 25.0 Å². The SMILES string of the molecule is CC1(C)c2c(cc3c4c2Oc2ccccc2B4c2ccccc2N3c2ccccc2)-c2ccc3cc(N(c4ccccc4)c4ccccc4)ccc3c21. The maximum Gasteiger partial charge on any atom is 0.256 e. The second kappa shape index (κ2) is 11.2. The molecule has 0 saturated carbocycles. The van der Waals surface area contributed by atoms with E-state index in [1.807, 2.05) is 0 Å². The van der Waals surface area contributed by atoms with Crippen molar-refractivity contribution < 1.29 is 4.74 Å². The van der Waals surface area contributed by atoms with Gasteiger partial charge in [-0.15, -0.1) is 0 Å². The smallest absolute Gasteiger partial charge is 0.256 e. The summed E-state index contributed by atoms with van der Waals surface area (Å²) in [6.45, 7) is 4.84. The zero-order chi connectivity index (χ0) is 35.3. The maximum atomic E-state index is 7.16. The van der Waals surface area contributed by atoms with Gasteiger partial charge in [-0.2, -0.15) is 0 Å². The number of nitrogens with zero attached hydrogens (tertiary/aromatic N) is 2. The minimum atomic E-state index is -0.319. The standard InChI is InChI=1S/C49H35BN2O/c1-49(2)45-37-29-27-36(51(33-16-6-3-7-17-33)34-18-8-4-9-19-34)30-32(37)26-28-38(45)39-31-43-47-48(46(39)49)53-44-25-15-13-23-41(44)50(47)40-22-12-14-24-42(40)52(43)35-20-10-5-11-21-35/h3-31H,1-2H3.